The van der Waals surface area contributed by atoms with Crippen molar-refractivity contribution in [2.45, 2.75) is 405 Å². The first-order valence-corrected chi connectivity index (χ1v) is 35.1. The molecule has 77 heavy (non-hydrogen) atoms. The van der Waals surface area contributed by atoms with E-state index in [2.05, 4.69) is 43.5 Å². The topological polar surface area (TPSA) is 95.9 Å². The van der Waals surface area contributed by atoms with Crippen molar-refractivity contribution >= 4 is 11.9 Å². The van der Waals surface area contributed by atoms with E-state index in [0.717, 1.165) is 51.4 Å². The molecule has 0 aliphatic heterocycles. The van der Waals surface area contributed by atoms with Crippen LogP contribution in [-0.4, -0.2) is 47.4 Å². The van der Waals surface area contributed by atoms with Gasteiger partial charge in [-0.05, 0) is 51.4 Å². The lowest BCUT2D eigenvalue weighted by Crippen LogP contribution is -2.45. The summed E-state index contributed by atoms with van der Waals surface area (Å²) < 4.78 is 5.48. The summed E-state index contributed by atoms with van der Waals surface area (Å²) >= 11 is 0. The molecule has 0 aromatic heterocycles. The molecular weight excluding hydrogens is 947 g/mol. The van der Waals surface area contributed by atoms with Gasteiger partial charge in [-0.3, -0.25) is 9.59 Å². The van der Waals surface area contributed by atoms with Crippen LogP contribution in [0.3, 0.4) is 0 Å². The van der Waals surface area contributed by atoms with Gasteiger partial charge >= 0.3 is 5.97 Å². The van der Waals surface area contributed by atoms with Gasteiger partial charge in [0, 0.05) is 12.8 Å². The molecule has 0 fully saturated rings. The Bertz CT molecular complexity index is 1200. The number of unbranched alkanes of at least 4 members (excludes halogenated alkanes) is 51. The van der Waals surface area contributed by atoms with Crippen molar-refractivity contribution in [3.8, 4) is 0 Å². The van der Waals surface area contributed by atoms with Crippen LogP contribution >= 0.6 is 0 Å². The number of rotatable bonds is 66. The van der Waals surface area contributed by atoms with E-state index in [4.69, 9.17) is 4.74 Å². The average molecular weight is 1080 g/mol. The molecule has 2 atom stereocenters. The summed E-state index contributed by atoms with van der Waals surface area (Å²) in [6.07, 6.45) is 83.6. The van der Waals surface area contributed by atoms with Gasteiger partial charge in [0.2, 0.25) is 5.91 Å². The summed E-state index contributed by atoms with van der Waals surface area (Å²) in [4.78, 5) is 24.6. The van der Waals surface area contributed by atoms with E-state index in [-0.39, 0.29) is 18.5 Å². The van der Waals surface area contributed by atoms with Crippen LogP contribution in [0.5, 0.6) is 0 Å². The van der Waals surface area contributed by atoms with Crippen molar-refractivity contribution in [2.75, 3.05) is 13.2 Å². The van der Waals surface area contributed by atoms with Crippen LogP contribution < -0.4 is 5.32 Å². The van der Waals surface area contributed by atoms with Crippen molar-refractivity contribution < 1.29 is 24.5 Å². The highest BCUT2D eigenvalue weighted by Gasteiger charge is 2.20. The van der Waals surface area contributed by atoms with E-state index >= 15 is 0 Å². The van der Waals surface area contributed by atoms with Crippen LogP contribution in [0.4, 0.5) is 0 Å². The SMILES string of the molecule is CCCC/C=C\C/C=C\CCCCCCCC(=O)OCCCCCCCCCCCCCCCCCCCCCCCCCCC(=O)NC(CO)C(O)CCCCCCCCCCCCCCCCCCCCCCCC. The zero-order valence-electron chi connectivity index (χ0n) is 52.2. The van der Waals surface area contributed by atoms with Gasteiger partial charge in [0.15, 0.2) is 0 Å². The van der Waals surface area contributed by atoms with Crippen LogP contribution in [0.25, 0.3) is 0 Å². The Kier molecular flexibility index (Phi) is 65.4. The van der Waals surface area contributed by atoms with Gasteiger partial charge in [-0.15, -0.1) is 0 Å². The van der Waals surface area contributed by atoms with Crippen LogP contribution in [0.15, 0.2) is 24.3 Å². The predicted molar refractivity (Wildman–Crippen MR) is 338 cm³/mol. The Hall–Kier alpha value is -1.66. The van der Waals surface area contributed by atoms with Crippen LogP contribution in [0.2, 0.25) is 0 Å². The molecule has 0 heterocycles. The Morgan fingerprint density at radius 2 is 0.662 bits per heavy atom. The minimum Gasteiger partial charge on any atom is -0.466 e. The second kappa shape index (κ2) is 66.8. The van der Waals surface area contributed by atoms with Crippen molar-refractivity contribution in [1.82, 2.24) is 5.32 Å². The van der Waals surface area contributed by atoms with Gasteiger partial charge in [-0.1, -0.05) is 353 Å². The minimum absolute atomic E-state index is 0.00165. The zero-order valence-corrected chi connectivity index (χ0v) is 52.2. The monoisotopic (exact) mass is 1080 g/mol. The number of amides is 1. The number of carbonyl (C=O) groups excluding carboxylic acids is 2. The third-order valence-corrected chi connectivity index (χ3v) is 16.5. The van der Waals surface area contributed by atoms with Gasteiger partial charge in [0.05, 0.1) is 25.4 Å². The minimum atomic E-state index is -0.665. The molecule has 0 radical (unpaired) electrons. The summed E-state index contributed by atoms with van der Waals surface area (Å²) in [6, 6.07) is -0.542. The Morgan fingerprint density at radius 1 is 0.364 bits per heavy atom. The lowest BCUT2D eigenvalue weighted by Gasteiger charge is -2.22. The van der Waals surface area contributed by atoms with E-state index < -0.39 is 12.1 Å². The number of hydrogen-bond acceptors (Lipinski definition) is 5. The molecule has 0 bridgehead atoms. The lowest BCUT2D eigenvalue weighted by atomic mass is 10.0. The normalized spacial score (nSPS) is 12.6. The number of ether oxygens (including phenoxy) is 1. The van der Waals surface area contributed by atoms with E-state index in [1.807, 2.05) is 0 Å². The first-order chi connectivity index (χ1) is 38.0. The maximum absolute atomic E-state index is 12.5. The molecule has 2 unspecified atom stereocenters. The second-order valence-electron chi connectivity index (χ2n) is 24.2. The number of nitrogens with one attached hydrogen (secondary N) is 1. The van der Waals surface area contributed by atoms with Gasteiger partial charge in [0.25, 0.3) is 0 Å². The lowest BCUT2D eigenvalue weighted by molar-refractivity contribution is -0.143. The number of hydrogen-bond donors (Lipinski definition) is 3. The first-order valence-electron chi connectivity index (χ1n) is 35.1. The molecule has 6 heteroatoms. The van der Waals surface area contributed by atoms with Crippen molar-refractivity contribution in [1.29, 1.82) is 0 Å². The molecule has 0 saturated carbocycles. The zero-order chi connectivity index (χ0) is 55.7. The molecule has 0 spiro atoms. The Morgan fingerprint density at radius 3 is 1.03 bits per heavy atom. The smallest absolute Gasteiger partial charge is 0.305 e. The number of aliphatic hydroxyl groups excluding tert-OH is 2. The molecule has 1 amide bonds. The number of esters is 1. The van der Waals surface area contributed by atoms with Gasteiger partial charge in [-0.25, -0.2) is 0 Å². The van der Waals surface area contributed by atoms with E-state index in [0.29, 0.717) is 25.9 Å². The Balaban J connectivity index is 3.37. The molecular formula is C71H137NO5. The summed E-state index contributed by atoms with van der Waals surface area (Å²) in [5.74, 6) is -0.0277. The first kappa shape index (κ1) is 75.3. The van der Waals surface area contributed by atoms with E-state index in [1.165, 1.54) is 308 Å². The summed E-state index contributed by atoms with van der Waals surface area (Å²) in [5, 5.41) is 23.4. The maximum atomic E-state index is 12.5. The fourth-order valence-electron chi connectivity index (χ4n) is 11.1. The number of aliphatic hydroxyl groups is 2. The van der Waals surface area contributed by atoms with Crippen molar-refractivity contribution in [3.05, 3.63) is 24.3 Å². The average Bonchev–Trinajstić information content (AvgIpc) is 3.43. The Labute approximate surface area is 481 Å². The van der Waals surface area contributed by atoms with Crippen molar-refractivity contribution in [3.63, 3.8) is 0 Å². The van der Waals surface area contributed by atoms with E-state index in [1.54, 1.807) is 0 Å². The molecule has 0 aromatic carbocycles. The van der Waals surface area contributed by atoms with Crippen LogP contribution in [-0.2, 0) is 14.3 Å². The van der Waals surface area contributed by atoms with Crippen LogP contribution in [0.1, 0.15) is 393 Å². The summed E-state index contributed by atoms with van der Waals surface area (Å²) in [6.45, 7) is 4.94. The molecule has 6 nitrogen and oxygen atoms in total. The molecule has 0 rings (SSSR count). The van der Waals surface area contributed by atoms with Gasteiger partial charge in [-0.2, -0.15) is 0 Å². The predicted octanol–water partition coefficient (Wildman–Crippen LogP) is 22.5. The third-order valence-electron chi connectivity index (χ3n) is 16.5. The fraction of sp³-hybridized carbons (Fsp3) is 0.915. The molecule has 0 aliphatic carbocycles. The van der Waals surface area contributed by atoms with Crippen molar-refractivity contribution in [2.24, 2.45) is 0 Å². The van der Waals surface area contributed by atoms with Crippen LogP contribution in [0, 0.1) is 0 Å². The summed E-state index contributed by atoms with van der Waals surface area (Å²) in [7, 11) is 0. The maximum Gasteiger partial charge on any atom is 0.305 e. The third kappa shape index (κ3) is 63.4. The largest absolute Gasteiger partial charge is 0.466 e. The highest BCUT2D eigenvalue weighted by molar-refractivity contribution is 5.76. The highest BCUT2D eigenvalue weighted by atomic mass is 16.5. The quantitative estimate of drug-likeness (QED) is 0.0320. The number of carbonyl (C=O) groups is 2. The van der Waals surface area contributed by atoms with Gasteiger partial charge in [0.1, 0.15) is 0 Å². The summed E-state index contributed by atoms with van der Waals surface area (Å²) in [5.41, 5.74) is 0. The number of allylic oxidation sites excluding steroid dienone is 4. The molecule has 0 aliphatic rings. The standard InChI is InChI=1S/C71H137NO5/c1-3-5-7-9-11-13-15-17-19-20-21-22-27-30-33-36-39-43-47-51-55-59-63-69(74)68(67-73)72-70(75)64-60-56-52-48-44-40-37-34-31-28-25-23-24-26-29-32-35-38-42-46-50-54-58-62-66-77-71(76)65-61-57-53-49-45-41-18-16-14-12-10-8-6-4-2/h10,12,16,18,68-69,73-74H,3-9,11,13-15,17,19-67H2,1-2H3,(H,72,75)/b12-10-,18-16-. The molecule has 0 aromatic rings. The highest BCUT2D eigenvalue weighted by Crippen LogP contribution is 2.19. The second-order valence-corrected chi connectivity index (χ2v) is 24.2. The van der Waals surface area contributed by atoms with E-state index in [9.17, 15) is 19.8 Å². The molecule has 456 valence electrons. The molecule has 3 N–H and O–H groups in total. The molecule has 0 saturated heterocycles. The fourth-order valence-corrected chi connectivity index (χ4v) is 11.1. The van der Waals surface area contributed by atoms with Gasteiger partial charge < -0.3 is 20.3 Å².